The Bertz CT molecular complexity index is 1080. The highest BCUT2D eigenvalue weighted by molar-refractivity contribution is 5.90. The van der Waals surface area contributed by atoms with Gasteiger partial charge in [0, 0.05) is 24.0 Å². The second kappa shape index (κ2) is 10.6. The summed E-state index contributed by atoms with van der Waals surface area (Å²) in [6.07, 6.45) is 11.3. The predicted molar refractivity (Wildman–Crippen MR) is 137 cm³/mol. The Balaban J connectivity index is 1.35. The van der Waals surface area contributed by atoms with Crippen molar-refractivity contribution in [1.82, 2.24) is 4.90 Å². The minimum absolute atomic E-state index is 0.0282. The number of piperidine rings is 2. The lowest BCUT2D eigenvalue weighted by Crippen LogP contribution is -2.52. The van der Waals surface area contributed by atoms with Gasteiger partial charge in [0.25, 0.3) is 0 Å². The summed E-state index contributed by atoms with van der Waals surface area (Å²) in [6.45, 7) is 3.13. The number of methoxy groups -OCH3 is 1. The van der Waals surface area contributed by atoms with Gasteiger partial charge < -0.3 is 9.47 Å². The molecule has 0 N–H and O–H groups in total. The quantitative estimate of drug-likeness (QED) is 0.456. The van der Waals surface area contributed by atoms with Gasteiger partial charge in [0.05, 0.1) is 19.1 Å². The lowest BCUT2D eigenvalue weighted by molar-refractivity contribution is -0.150. The van der Waals surface area contributed by atoms with Crippen molar-refractivity contribution in [3.8, 4) is 11.8 Å². The molecule has 2 atom stereocenters. The van der Waals surface area contributed by atoms with Gasteiger partial charge in [-0.25, -0.2) is 0 Å². The molecule has 5 nitrogen and oxygen atoms in total. The Kier molecular flexibility index (Phi) is 7.29. The molecule has 3 fully saturated rings. The van der Waals surface area contributed by atoms with Crippen LogP contribution in [0.25, 0.3) is 10.8 Å². The topological polar surface area (TPSA) is 62.6 Å². The zero-order valence-electron chi connectivity index (χ0n) is 21.2. The molecule has 5 rings (SSSR count). The van der Waals surface area contributed by atoms with Crippen molar-refractivity contribution in [2.45, 2.75) is 95.9 Å². The number of hydrogen-bond donors (Lipinski definition) is 0. The van der Waals surface area contributed by atoms with Crippen molar-refractivity contribution in [2.24, 2.45) is 11.8 Å². The number of benzene rings is 2. The van der Waals surface area contributed by atoms with E-state index in [-0.39, 0.29) is 18.0 Å². The maximum absolute atomic E-state index is 12.2. The number of hydrogen-bond acceptors (Lipinski definition) is 5. The molecule has 0 amide bonds. The smallest absolute Gasteiger partial charge is 0.308 e. The van der Waals surface area contributed by atoms with E-state index >= 15 is 0 Å². The van der Waals surface area contributed by atoms with Crippen molar-refractivity contribution in [1.29, 1.82) is 5.26 Å². The van der Waals surface area contributed by atoms with E-state index in [4.69, 9.17) is 9.47 Å². The van der Waals surface area contributed by atoms with Crippen LogP contribution in [0.15, 0.2) is 30.3 Å². The monoisotopic (exact) mass is 474 g/mol. The van der Waals surface area contributed by atoms with Gasteiger partial charge >= 0.3 is 5.97 Å². The molecule has 2 bridgehead atoms. The number of carbonyl (C=O) groups is 1. The maximum Gasteiger partial charge on any atom is 0.308 e. The van der Waals surface area contributed by atoms with Crippen LogP contribution >= 0.6 is 0 Å². The average Bonchev–Trinajstić information content (AvgIpc) is 2.88. The standard InChI is InChI=1S/C30H38N2O3/c1-3-20-8-12-26(13-9-20)35-29-14-11-22-10-7-21(15-27(22)28(29)18-31)19-32-24-5-4-6-25(32)17-23(16-24)30(33)34-2/h7,10-11,14-15,20,23-26H,3-6,8-9,12-13,16-17,19H2,1-2H3. The highest BCUT2D eigenvalue weighted by Crippen LogP contribution is 2.39. The van der Waals surface area contributed by atoms with Gasteiger partial charge in [-0.2, -0.15) is 5.26 Å². The van der Waals surface area contributed by atoms with Gasteiger partial charge in [0.1, 0.15) is 17.4 Å². The fraction of sp³-hybridized carbons (Fsp3) is 0.600. The summed E-state index contributed by atoms with van der Waals surface area (Å²) < 4.78 is 11.5. The SMILES string of the molecule is CCC1CCC(Oc2ccc3ccc(CN4C5CCCC4CC(C(=O)OC)C5)cc3c2C#N)CC1. The molecule has 0 spiro atoms. The summed E-state index contributed by atoms with van der Waals surface area (Å²) in [5.74, 6) is 1.52. The van der Waals surface area contributed by atoms with Crippen LogP contribution in [0.5, 0.6) is 5.75 Å². The summed E-state index contributed by atoms with van der Waals surface area (Å²) >= 11 is 0. The number of rotatable bonds is 6. The van der Waals surface area contributed by atoms with Gasteiger partial charge in [0.2, 0.25) is 0 Å². The van der Waals surface area contributed by atoms with E-state index in [2.05, 4.69) is 42.2 Å². The first-order valence-electron chi connectivity index (χ1n) is 13.6. The summed E-state index contributed by atoms with van der Waals surface area (Å²) in [5, 5.41) is 12.2. The number of fused-ring (bicyclic) bond motifs is 3. The molecular weight excluding hydrogens is 436 g/mol. The Morgan fingerprint density at radius 1 is 1.06 bits per heavy atom. The molecule has 0 aromatic heterocycles. The van der Waals surface area contributed by atoms with Gasteiger partial charge in [-0.1, -0.05) is 38.0 Å². The van der Waals surface area contributed by atoms with Gasteiger partial charge in [-0.05, 0) is 80.4 Å². The fourth-order valence-electron chi connectivity index (χ4n) is 6.80. The van der Waals surface area contributed by atoms with E-state index in [1.54, 1.807) is 0 Å². The molecular formula is C30H38N2O3. The maximum atomic E-state index is 12.2. The van der Waals surface area contributed by atoms with Crippen LogP contribution in [-0.4, -0.2) is 36.2 Å². The first-order valence-corrected chi connectivity index (χ1v) is 13.6. The van der Waals surface area contributed by atoms with E-state index in [1.807, 2.05) is 6.07 Å². The molecule has 2 saturated heterocycles. The van der Waals surface area contributed by atoms with E-state index < -0.39 is 0 Å². The minimum atomic E-state index is -0.0540. The second-order valence-corrected chi connectivity index (χ2v) is 10.9. The van der Waals surface area contributed by atoms with Crippen molar-refractivity contribution in [3.63, 3.8) is 0 Å². The fourth-order valence-corrected chi connectivity index (χ4v) is 6.80. The van der Waals surface area contributed by atoms with E-state index in [9.17, 15) is 10.1 Å². The Labute approximate surface area is 209 Å². The number of esters is 1. The summed E-state index contributed by atoms with van der Waals surface area (Å²) in [4.78, 5) is 14.8. The minimum Gasteiger partial charge on any atom is -0.489 e. The molecule has 1 aliphatic carbocycles. The molecule has 5 heteroatoms. The van der Waals surface area contributed by atoms with Gasteiger partial charge in [-0.15, -0.1) is 0 Å². The molecule has 1 saturated carbocycles. The zero-order chi connectivity index (χ0) is 24.4. The second-order valence-electron chi connectivity index (χ2n) is 10.9. The van der Waals surface area contributed by atoms with Crippen LogP contribution in [0.1, 0.15) is 82.3 Å². The van der Waals surface area contributed by atoms with E-state index in [0.29, 0.717) is 17.6 Å². The summed E-state index contributed by atoms with van der Waals surface area (Å²) in [7, 11) is 1.50. The third-order valence-corrected chi connectivity index (χ3v) is 8.85. The van der Waals surface area contributed by atoms with Crippen LogP contribution < -0.4 is 4.74 Å². The van der Waals surface area contributed by atoms with E-state index in [0.717, 1.165) is 67.5 Å². The van der Waals surface area contributed by atoms with Crippen LogP contribution in [0.4, 0.5) is 0 Å². The van der Waals surface area contributed by atoms with Gasteiger partial charge in [-0.3, -0.25) is 9.69 Å². The lowest BCUT2D eigenvalue weighted by Gasteiger charge is -2.48. The first kappa shape index (κ1) is 24.1. The molecule has 0 radical (unpaired) electrons. The normalized spacial score (nSPS) is 28.9. The largest absolute Gasteiger partial charge is 0.489 e. The molecule has 2 aromatic rings. The highest BCUT2D eigenvalue weighted by atomic mass is 16.5. The number of nitriles is 1. The van der Waals surface area contributed by atoms with Crippen LogP contribution in [0.3, 0.4) is 0 Å². The molecule has 2 aromatic carbocycles. The molecule has 186 valence electrons. The van der Waals surface area contributed by atoms with Crippen molar-refractivity contribution < 1.29 is 14.3 Å². The Morgan fingerprint density at radius 3 is 2.43 bits per heavy atom. The Morgan fingerprint density at radius 2 is 1.77 bits per heavy atom. The lowest BCUT2D eigenvalue weighted by atomic mass is 9.78. The third kappa shape index (κ3) is 5.05. The first-order chi connectivity index (χ1) is 17.1. The van der Waals surface area contributed by atoms with Gasteiger partial charge in [0.15, 0.2) is 0 Å². The highest BCUT2D eigenvalue weighted by Gasteiger charge is 2.41. The number of carbonyl (C=O) groups excluding carboxylic acids is 1. The van der Waals surface area contributed by atoms with Crippen LogP contribution in [-0.2, 0) is 16.1 Å². The summed E-state index contributed by atoms with van der Waals surface area (Å²) in [6, 6.07) is 13.9. The molecule has 35 heavy (non-hydrogen) atoms. The molecule has 3 aliphatic rings. The molecule has 2 heterocycles. The third-order valence-electron chi connectivity index (χ3n) is 8.85. The van der Waals surface area contributed by atoms with Crippen molar-refractivity contribution >= 4 is 16.7 Å². The number of ether oxygens (including phenoxy) is 2. The summed E-state index contributed by atoms with van der Waals surface area (Å²) in [5.41, 5.74) is 1.88. The van der Waals surface area contributed by atoms with E-state index in [1.165, 1.54) is 38.4 Å². The number of nitrogens with zero attached hydrogens (tertiary/aromatic N) is 2. The van der Waals surface area contributed by atoms with Crippen molar-refractivity contribution in [3.05, 3.63) is 41.5 Å². The molecule has 2 unspecified atom stereocenters. The molecule has 2 aliphatic heterocycles. The zero-order valence-corrected chi connectivity index (χ0v) is 21.2. The predicted octanol–water partition coefficient (Wildman–Crippen LogP) is 6.37. The average molecular weight is 475 g/mol. The van der Waals surface area contributed by atoms with Crippen LogP contribution in [0.2, 0.25) is 0 Å². The van der Waals surface area contributed by atoms with Crippen LogP contribution in [0, 0.1) is 23.2 Å². The Hall–Kier alpha value is -2.58. The van der Waals surface area contributed by atoms with Crippen molar-refractivity contribution in [2.75, 3.05) is 7.11 Å².